The molecule has 0 atom stereocenters. The fourth-order valence-electron chi connectivity index (χ4n) is 1.86. The fourth-order valence-corrected chi connectivity index (χ4v) is 1.86. The van der Waals surface area contributed by atoms with Crippen LogP contribution in [0.1, 0.15) is 54.9 Å². The number of carbonyl (C=O) groups is 1. The van der Waals surface area contributed by atoms with E-state index < -0.39 is 0 Å². The number of esters is 1. The van der Waals surface area contributed by atoms with Crippen LogP contribution in [0.4, 0.5) is 0 Å². The molecule has 0 unspecified atom stereocenters. The SMILES string of the molecule is CCCCCCCc1ccc(C(=O)OC)cc1. The van der Waals surface area contributed by atoms with Gasteiger partial charge in [0, 0.05) is 0 Å². The first-order valence-corrected chi connectivity index (χ1v) is 6.45. The fraction of sp³-hybridized carbons (Fsp3) is 0.533. The summed E-state index contributed by atoms with van der Waals surface area (Å²) in [5.74, 6) is -0.264. The largest absolute Gasteiger partial charge is 0.465 e. The van der Waals surface area contributed by atoms with E-state index in [-0.39, 0.29) is 5.97 Å². The van der Waals surface area contributed by atoms with Gasteiger partial charge in [0.15, 0.2) is 0 Å². The van der Waals surface area contributed by atoms with Crippen molar-refractivity contribution in [3.8, 4) is 0 Å². The summed E-state index contributed by atoms with van der Waals surface area (Å²) in [6.07, 6.45) is 7.58. The predicted octanol–water partition coefficient (Wildman–Crippen LogP) is 3.99. The quantitative estimate of drug-likeness (QED) is 0.527. The molecule has 1 aromatic rings. The van der Waals surface area contributed by atoms with Crippen LogP contribution in [0.25, 0.3) is 0 Å². The first kappa shape index (κ1) is 13.8. The minimum atomic E-state index is -0.264. The van der Waals surface area contributed by atoms with Crippen LogP contribution in [-0.2, 0) is 11.2 Å². The van der Waals surface area contributed by atoms with Crippen LogP contribution in [-0.4, -0.2) is 13.1 Å². The molecule has 0 bridgehead atoms. The summed E-state index contributed by atoms with van der Waals surface area (Å²) in [5.41, 5.74) is 1.93. The van der Waals surface area contributed by atoms with Gasteiger partial charge in [-0.05, 0) is 30.5 Å². The van der Waals surface area contributed by atoms with Gasteiger partial charge < -0.3 is 4.74 Å². The summed E-state index contributed by atoms with van der Waals surface area (Å²) < 4.78 is 4.66. The molecule has 0 amide bonds. The minimum absolute atomic E-state index is 0.264. The van der Waals surface area contributed by atoms with E-state index in [1.807, 2.05) is 24.3 Å². The Balaban J connectivity index is 2.33. The van der Waals surface area contributed by atoms with Gasteiger partial charge in [-0.15, -0.1) is 0 Å². The van der Waals surface area contributed by atoms with E-state index in [2.05, 4.69) is 11.7 Å². The van der Waals surface area contributed by atoms with Crippen LogP contribution in [0.5, 0.6) is 0 Å². The van der Waals surface area contributed by atoms with Gasteiger partial charge in [-0.1, -0.05) is 44.7 Å². The Morgan fingerprint density at radius 3 is 2.29 bits per heavy atom. The van der Waals surface area contributed by atoms with Crippen LogP contribution >= 0.6 is 0 Å². The molecule has 0 saturated heterocycles. The Morgan fingerprint density at radius 1 is 1.06 bits per heavy atom. The zero-order chi connectivity index (χ0) is 12.5. The zero-order valence-corrected chi connectivity index (χ0v) is 10.9. The summed E-state index contributed by atoms with van der Waals surface area (Å²) in [5, 5.41) is 0. The van der Waals surface area contributed by atoms with Crippen molar-refractivity contribution in [2.45, 2.75) is 45.4 Å². The van der Waals surface area contributed by atoms with Crippen molar-refractivity contribution in [2.75, 3.05) is 7.11 Å². The van der Waals surface area contributed by atoms with Crippen LogP contribution in [0.2, 0.25) is 0 Å². The molecule has 0 saturated carbocycles. The lowest BCUT2D eigenvalue weighted by atomic mass is 10.0. The van der Waals surface area contributed by atoms with Gasteiger partial charge in [-0.2, -0.15) is 0 Å². The minimum Gasteiger partial charge on any atom is -0.465 e. The van der Waals surface area contributed by atoms with Crippen molar-refractivity contribution in [3.63, 3.8) is 0 Å². The molecule has 0 fully saturated rings. The lowest BCUT2D eigenvalue weighted by molar-refractivity contribution is 0.0600. The molecule has 1 aromatic carbocycles. The van der Waals surface area contributed by atoms with Crippen molar-refractivity contribution < 1.29 is 9.53 Å². The van der Waals surface area contributed by atoms with E-state index in [1.54, 1.807) is 0 Å². The Hall–Kier alpha value is -1.31. The zero-order valence-electron chi connectivity index (χ0n) is 10.9. The number of ether oxygens (including phenoxy) is 1. The number of methoxy groups -OCH3 is 1. The molecule has 0 spiro atoms. The standard InChI is InChI=1S/C15H22O2/c1-3-4-5-6-7-8-13-9-11-14(12-10-13)15(16)17-2/h9-12H,3-8H2,1-2H3. The van der Waals surface area contributed by atoms with Gasteiger partial charge in [-0.3, -0.25) is 0 Å². The number of hydrogen-bond donors (Lipinski definition) is 0. The van der Waals surface area contributed by atoms with E-state index in [4.69, 9.17) is 0 Å². The molecule has 0 aliphatic heterocycles. The highest BCUT2D eigenvalue weighted by Crippen LogP contribution is 2.10. The average Bonchev–Trinajstić information content (AvgIpc) is 2.38. The predicted molar refractivity (Wildman–Crippen MR) is 70.2 cm³/mol. The monoisotopic (exact) mass is 234 g/mol. The van der Waals surface area contributed by atoms with E-state index in [9.17, 15) is 4.79 Å². The first-order chi connectivity index (χ1) is 8.27. The van der Waals surface area contributed by atoms with E-state index in [0.717, 1.165) is 6.42 Å². The number of carbonyl (C=O) groups excluding carboxylic acids is 1. The Bertz CT molecular complexity index is 327. The topological polar surface area (TPSA) is 26.3 Å². The molecule has 0 aliphatic carbocycles. The summed E-state index contributed by atoms with van der Waals surface area (Å²) in [4.78, 5) is 11.2. The number of aryl methyl sites for hydroxylation is 1. The van der Waals surface area contributed by atoms with E-state index >= 15 is 0 Å². The maximum Gasteiger partial charge on any atom is 0.337 e. The Kier molecular flexibility index (Phi) is 6.38. The summed E-state index contributed by atoms with van der Waals surface area (Å²) in [6, 6.07) is 7.72. The van der Waals surface area contributed by atoms with Gasteiger partial charge in [0.05, 0.1) is 12.7 Å². The van der Waals surface area contributed by atoms with Crippen molar-refractivity contribution in [1.82, 2.24) is 0 Å². The Labute approximate surface area is 104 Å². The van der Waals surface area contributed by atoms with Gasteiger partial charge in [0.25, 0.3) is 0 Å². The molecular weight excluding hydrogens is 212 g/mol. The third-order valence-corrected chi connectivity index (χ3v) is 2.94. The molecule has 0 aromatic heterocycles. The number of hydrogen-bond acceptors (Lipinski definition) is 2. The average molecular weight is 234 g/mol. The first-order valence-electron chi connectivity index (χ1n) is 6.45. The molecule has 0 aliphatic rings. The third kappa shape index (κ3) is 5.03. The van der Waals surface area contributed by atoms with E-state index in [1.165, 1.54) is 44.8 Å². The summed E-state index contributed by atoms with van der Waals surface area (Å²) in [6.45, 7) is 2.23. The molecule has 2 nitrogen and oxygen atoms in total. The molecule has 0 N–H and O–H groups in total. The van der Waals surface area contributed by atoms with Gasteiger partial charge in [-0.25, -0.2) is 4.79 Å². The van der Waals surface area contributed by atoms with Crippen LogP contribution in [0, 0.1) is 0 Å². The molecule has 94 valence electrons. The second-order valence-electron chi connectivity index (χ2n) is 4.35. The normalized spacial score (nSPS) is 10.2. The van der Waals surface area contributed by atoms with Gasteiger partial charge in [0.1, 0.15) is 0 Å². The molecule has 0 radical (unpaired) electrons. The lowest BCUT2D eigenvalue weighted by Crippen LogP contribution is -2.00. The van der Waals surface area contributed by atoms with Crippen molar-refractivity contribution in [1.29, 1.82) is 0 Å². The molecule has 17 heavy (non-hydrogen) atoms. The maximum atomic E-state index is 11.2. The number of benzene rings is 1. The van der Waals surface area contributed by atoms with Crippen molar-refractivity contribution in [2.24, 2.45) is 0 Å². The van der Waals surface area contributed by atoms with Crippen molar-refractivity contribution in [3.05, 3.63) is 35.4 Å². The summed E-state index contributed by atoms with van der Waals surface area (Å²) in [7, 11) is 1.41. The highest BCUT2D eigenvalue weighted by molar-refractivity contribution is 5.89. The molecule has 2 heteroatoms. The third-order valence-electron chi connectivity index (χ3n) is 2.94. The smallest absolute Gasteiger partial charge is 0.337 e. The van der Waals surface area contributed by atoms with Crippen LogP contribution < -0.4 is 0 Å². The highest BCUT2D eigenvalue weighted by Gasteiger charge is 2.03. The van der Waals surface area contributed by atoms with Gasteiger partial charge in [0.2, 0.25) is 0 Å². The number of rotatable bonds is 7. The molecule has 1 rings (SSSR count). The maximum absolute atomic E-state index is 11.2. The second-order valence-corrected chi connectivity index (χ2v) is 4.35. The van der Waals surface area contributed by atoms with Crippen LogP contribution in [0.3, 0.4) is 0 Å². The van der Waals surface area contributed by atoms with Crippen LogP contribution in [0.15, 0.2) is 24.3 Å². The molecular formula is C15H22O2. The number of unbranched alkanes of at least 4 members (excludes halogenated alkanes) is 4. The summed E-state index contributed by atoms with van der Waals surface area (Å²) >= 11 is 0. The van der Waals surface area contributed by atoms with Gasteiger partial charge >= 0.3 is 5.97 Å². The van der Waals surface area contributed by atoms with Crippen molar-refractivity contribution >= 4 is 5.97 Å². The Morgan fingerprint density at radius 2 is 1.71 bits per heavy atom. The van der Waals surface area contributed by atoms with E-state index in [0.29, 0.717) is 5.56 Å². The second kappa shape index (κ2) is 7.88. The highest BCUT2D eigenvalue weighted by atomic mass is 16.5. The lowest BCUT2D eigenvalue weighted by Gasteiger charge is -2.03. The molecule has 0 heterocycles.